The minimum Gasteiger partial charge on any atom is -0.337 e. The van der Waals surface area contributed by atoms with Gasteiger partial charge in [0.1, 0.15) is 0 Å². The first kappa shape index (κ1) is 42.2. The summed E-state index contributed by atoms with van der Waals surface area (Å²) in [6, 6.07) is 18.0. The number of carbonyl (C=O) groups excluding carboxylic acids is 3. The van der Waals surface area contributed by atoms with Gasteiger partial charge in [-0.1, -0.05) is 62.4 Å². The lowest BCUT2D eigenvalue weighted by Gasteiger charge is -2.39. The van der Waals surface area contributed by atoms with Crippen molar-refractivity contribution in [3.8, 4) is 0 Å². The number of likely N-dealkylation sites (N-methyl/N-ethyl adjacent to an activating group) is 1. The predicted octanol–water partition coefficient (Wildman–Crippen LogP) is 7.04. The molecule has 0 unspecified atom stereocenters. The first-order chi connectivity index (χ1) is 24.2. The van der Waals surface area contributed by atoms with E-state index in [9.17, 15) is 14.4 Å². The normalized spacial score (nSPS) is 22.5. The van der Waals surface area contributed by atoms with Crippen LogP contribution in [0.4, 0.5) is 0 Å². The lowest BCUT2D eigenvalue weighted by atomic mass is 9.86. The second kappa shape index (κ2) is 20.7. The van der Waals surface area contributed by atoms with Crippen molar-refractivity contribution in [2.75, 3.05) is 33.2 Å². The molecule has 0 radical (unpaired) electrons. The second-order valence-corrected chi connectivity index (χ2v) is 14.7. The summed E-state index contributed by atoms with van der Waals surface area (Å²) in [5, 5.41) is 6.69. The molecular formula is C42H64ClN5O3. The summed E-state index contributed by atoms with van der Waals surface area (Å²) in [5.74, 6) is 0.732. The first-order valence-electron chi connectivity index (χ1n) is 19.1. The number of rotatable bonds is 9. The molecule has 5 atom stereocenters. The van der Waals surface area contributed by atoms with Gasteiger partial charge in [0.05, 0.1) is 18.1 Å². The van der Waals surface area contributed by atoms with Gasteiger partial charge in [0, 0.05) is 45.6 Å². The Hall–Kier alpha value is -3.20. The molecule has 6 rings (SSSR count). The summed E-state index contributed by atoms with van der Waals surface area (Å²) in [6.07, 6.45) is 11.0. The number of amides is 3. The average Bonchev–Trinajstić information content (AvgIpc) is 3.83. The molecule has 2 aromatic rings. The van der Waals surface area contributed by atoms with Crippen LogP contribution in [0, 0.1) is 5.92 Å². The fraction of sp³-hybridized carbons (Fsp3) is 0.595. The van der Waals surface area contributed by atoms with E-state index in [0.29, 0.717) is 12.6 Å². The van der Waals surface area contributed by atoms with Gasteiger partial charge in [0.2, 0.25) is 17.7 Å². The minimum atomic E-state index is -0.165. The Balaban J connectivity index is 0.000000270. The summed E-state index contributed by atoms with van der Waals surface area (Å²) in [6.45, 7) is 16.9. The van der Waals surface area contributed by atoms with E-state index >= 15 is 0 Å². The van der Waals surface area contributed by atoms with Crippen molar-refractivity contribution in [1.29, 1.82) is 0 Å². The summed E-state index contributed by atoms with van der Waals surface area (Å²) in [5.41, 5.74) is 5.44. The number of hydrogen-bond acceptors (Lipinski definition) is 5. The topological polar surface area (TPSA) is 85.0 Å². The molecule has 9 heteroatoms. The fourth-order valence-electron chi connectivity index (χ4n) is 8.67. The van der Waals surface area contributed by atoms with Crippen molar-refractivity contribution in [2.45, 2.75) is 122 Å². The van der Waals surface area contributed by atoms with E-state index in [-0.39, 0.29) is 60.2 Å². The maximum Gasteiger partial charge on any atom is 0.240 e. The molecular weight excluding hydrogens is 658 g/mol. The molecule has 0 bridgehead atoms. The van der Waals surface area contributed by atoms with Crippen LogP contribution in [0.3, 0.4) is 0 Å². The third-order valence-corrected chi connectivity index (χ3v) is 11.1. The van der Waals surface area contributed by atoms with Gasteiger partial charge in [-0.3, -0.25) is 14.4 Å². The summed E-state index contributed by atoms with van der Waals surface area (Å²) >= 11 is 0. The van der Waals surface area contributed by atoms with Crippen LogP contribution >= 0.6 is 12.4 Å². The highest BCUT2D eigenvalue weighted by molar-refractivity contribution is 5.85. The Kier molecular flexibility index (Phi) is 17.2. The zero-order chi connectivity index (χ0) is 36.2. The molecule has 3 amide bonds. The van der Waals surface area contributed by atoms with Gasteiger partial charge in [-0.2, -0.15) is 0 Å². The van der Waals surface area contributed by atoms with Gasteiger partial charge in [-0.25, -0.2) is 0 Å². The molecule has 2 aromatic carbocycles. The van der Waals surface area contributed by atoms with E-state index in [1.54, 1.807) is 13.8 Å². The highest BCUT2D eigenvalue weighted by atomic mass is 35.5. The molecule has 282 valence electrons. The first-order valence-corrected chi connectivity index (χ1v) is 19.1. The molecule has 2 saturated heterocycles. The molecule has 0 aromatic heterocycles. The Bertz CT molecular complexity index is 1410. The van der Waals surface area contributed by atoms with E-state index in [0.717, 1.165) is 64.6 Å². The molecule has 2 fully saturated rings. The minimum absolute atomic E-state index is 0. The van der Waals surface area contributed by atoms with E-state index < -0.39 is 0 Å². The standard InChI is InChI=1S/C23H35N3O2.C17H24N2O.C2H4.ClH/c1-16(2)22(24-4)23(28)25-14-8-11-19(25)15-26(17(3)27)21-13-7-10-18-9-5-6-12-20(18)21;1-13(20)19(12-15-8-5-11-18-15)17-10-4-7-14-6-2-3-9-16(14)17;1-2;/h5-6,9,12,16,19,21-22,24H,7-8,10-11,13-15H2,1-4H3;2-3,6,9,15,17-18H,4-5,7-8,10-12H2,1H3;1-2H2;1H/t19-,21+,22-;15-,17+;;/m00../s1. The largest absolute Gasteiger partial charge is 0.337 e. The highest BCUT2D eigenvalue weighted by Gasteiger charge is 2.37. The highest BCUT2D eigenvalue weighted by Crippen LogP contribution is 2.36. The van der Waals surface area contributed by atoms with Crippen LogP contribution in [0.15, 0.2) is 61.7 Å². The Labute approximate surface area is 314 Å². The second-order valence-electron chi connectivity index (χ2n) is 14.7. The third-order valence-electron chi connectivity index (χ3n) is 11.1. The SMILES string of the molecule is C=C.CC(=O)N(C[C@@H]1CCCN1)[C@@H]1CCCc2ccccc21.CN[C@H](C(=O)N1CCC[C@H]1CN(C(C)=O)[C@@H]1CCCc2ccccc21)C(C)C.Cl. The van der Waals surface area contributed by atoms with E-state index in [1.165, 1.54) is 41.5 Å². The van der Waals surface area contributed by atoms with Crippen LogP contribution in [-0.4, -0.2) is 83.8 Å². The van der Waals surface area contributed by atoms with Crippen molar-refractivity contribution in [3.63, 3.8) is 0 Å². The molecule has 51 heavy (non-hydrogen) atoms. The molecule has 4 aliphatic rings. The van der Waals surface area contributed by atoms with Crippen molar-refractivity contribution >= 4 is 30.1 Å². The Morgan fingerprint density at radius 3 is 1.80 bits per heavy atom. The zero-order valence-corrected chi connectivity index (χ0v) is 32.7. The van der Waals surface area contributed by atoms with Crippen LogP contribution in [0.1, 0.15) is 113 Å². The van der Waals surface area contributed by atoms with Gasteiger partial charge in [0.15, 0.2) is 0 Å². The molecule has 2 heterocycles. The average molecular weight is 722 g/mol. The van der Waals surface area contributed by atoms with E-state index in [1.807, 2.05) is 16.8 Å². The number of aryl methyl sites for hydroxylation is 2. The van der Waals surface area contributed by atoms with Crippen molar-refractivity contribution < 1.29 is 14.4 Å². The van der Waals surface area contributed by atoms with Crippen molar-refractivity contribution in [3.05, 3.63) is 83.9 Å². The van der Waals surface area contributed by atoms with Crippen LogP contribution in [0.2, 0.25) is 0 Å². The zero-order valence-electron chi connectivity index (χ0n) is 31.9. The van der Waals surface area contributed by atoms with Crippen LogP contribution in [0.5, 0.6) is 0 Å². The van der Waals surface area contributed by atoms with Gasteiger partial charge in [-0.05, 0) is 106 Å². The molecule has 8 nitrogen and oxygen atoms in total. The number of nitrogens with one attached hydrogen (secondary N) is 2. The number of nitrogens with zero attached hydrogens (tertiary/aromatic N) is 3. The predicted molar refractivity (Wildman–Crippen MR) is 211 cm³/mol. The maximum atomic E-state index is 13.1. The van der Waals surface area contributed by atoms with E-state index in [4.69, 9.17) is 0 Å². The van der Waals surface area contributed by atoms with Gasteiger partial charge in [-0.15, -0.1) is 25.6 Å². The van der Waals surface area contributed by atoms with Crippen LogP contribution in [0.25, 0.3) is 0 Å². The summed E-state index contributed by atoms with van der Waals surface area (Å²) in [7, 11) is 1.86. The van der Waals surface area contributed by atoms with Crippen LogP contribution in [-0.2, 0) is 27.2 Å². The Morgan fingerprint density at radius 2 is 1.33 bits per heavy atom. The molecule has 0 saturated carbocycles. The third kappa shape index (κ3) is 10.7. The van der Waals surface area contributed by atoms with Gasteiger partial charge < -0.3 is 25.3 Å². The number of halogens is 1. The van der Waals surface area contributed by atoms with Crippen LogP contribution < -0.4 is 10.6 Å². The van der Waals surface area contributed by atoms with E-state index in [2.05, 4.69) is 91.1 Å². The monoisotopic (exact) mass is 721 g/mol. The smallest absolute Gasteiger partial charge is 0.240 e. The lowest BCUT2D eigenvalue weighted by molar-refractivity contribution is -0.139. The molecule has 2 aliphatic carbocycles. The molecule has 0 spiro atoms. The fourth-order valence-corrected chi connectivity index (χ4v) is 8.67. The summed E-state index contributed by atoms with van der Waals surface area (Å²) < 4.78 is 0. The molecule has 2 aliphatic heterocycles. The van der Waals surface area contributed by atoms with Crippen molar-refractivity contribution in [2.24, 2.45) is 5.92 Å². The Morgan fingerprint density at radius 1 is 0.804 bits per heavy atom. The van der Waals surface area contributed by atoms with Crippen molar-refractivity contribution in [1.82, 2.24) is 25.3 Å². The number of likely N-dealkylation sites (tertiary alicyclic amines) is 1. The number of fused-ring (bicyclic) bond motifs is 2. The number of hydrogen-bond donors (Lipinski definition) is 2. The molecule has 2 N–H and O–H groups in total. The van der Waals surface area contributed by atoms with Gasteiger partial charge >= 0.3 is 0 Å². The lowest BCUT2D eigenvalue weighted by Crippen LogP contribution is -2.53. The number of carbonyl (C=O) groups is 3. The number of benzene rings is 2. The van der Waals surface area contributed by atoms with Gasteiger partial charge in [0.25, 0.3) is 0 Å². The maximum absolute atomic E-state index is 13.1. The summed E-state index contributed by atoms with van der Waals surface area (Å²) in [4.78, 5) is 44.0. The quantitative estimate of drug-likeness (QED) is 0.272.